The summed E-state index contributed by atoms with van der Waals surface area (Å²) in [6, 6.07) is 9.49. The van der Waals surface area contributed by atoms with Crippen molar-refractivity contribution >= 4 is 5.91 Å². The van der Waals surface area contributed by atoms with Crippen molar-refractivity contribution in [2.75, 3.05) is 14.2 Å². The molecule has 0 unspecified atom stereocenters. The second-order valence-corrected chi connectivity index (χ2v) is 6.23. The molecule has 0 aliphatic carbocycles. The summed E-state index contributed by atoms with van der Waals surface area (Å²) >= 11 is 0. The van der Waals surface area contributed by atoms with Gasteiger partial charge in [-0.1, -0.05) is 18.2 Å². The van der Waals surface area contributed by atoms with Crippen molar-refractivity contribution in [2.24, 2.45) is 0 Å². The van der Waals surface area contributed by atoms with Gasteiger partial charge >= 0.3 is 6.01 Å². The maximum Gasteiger partial charge on any atom is 0.320 e. The van der Waals surface area contributed by atoms with E-state index in [1.54, 1.807) is 6.07 Å². The molecular formula is C19H25N3O3. The van der Waals surface area contributed by atoms with Crippen molar-refractivity contribution in [1.82, 2.24) is 14.9 Å². The van der Waals surface area contributed by atoms with Crippen molar-refractivity contribution < 1.29 is 14.3 Å². The average Bonchev–Trinajstić information content (AvgIpc) is 2.60. The minimum absolute atomic E-state index is 0.0304. The Hall–Kier alpha value is -2.63. The fourth-order valence-corrected chi connectivity index (χ4v) is 2.84. The average molecular weight is 343 g/mol. The van der Waals surface area contributed by atoms with E-state index >= 15 is 0 Å². The molecule has 2 rings (SSSR count). The molecule has 0 aliphatic heterocycles. The Bertz CT molecular complexity index is 714. The largest absolute Gasteiger partial charge is 0.481 e. The Morgan fingerprint density at radius 2 is 1.64 bits per heavy atom. The van der Waals surface area contributed by atoms with Crippen LogP contribution in [0.15, 0.2) is 30.3 Å². The molecular weight excluding hydrogens is 318 g/mol. The molecule has 0 bridgehead atoms. The lowest BCUT2D eigenvalue weighted by atomic mass is 10.0. The van der Waals surface area contributed by atoms with Crippen molar-refractivity contribution in [3.63, 3.8) is 0 Å². The quantitative estimate of drug-likeness (QED) is 0.804. The molecule has 0 radical (unpaired) electrons. The Balaban J connectivity index is 2.57. The van der Waals surface area contributed by atoms with Gasteiger partial charge < -0.3 is 14.4 Å². The Kier molecular flexibility index (Phi) is 5.96. The minimum Gasteiger partial charge on any atom is -0.481 e. The fraction of sp³-hybridized carbons (Fsp3) is 0.421. The predicted octanol–water partition coefficient (Wildman–Crippen LogP) is 3.42. The molecule has 0 fully saturated rings. The molecule has 0 atom stereocenters. The number of hydrogen-bond acceptors (Lipinski definition) is 5. The Labute approximate surface area is 148 Å². The standard InChI is InChI=1S/C19H25N3O3/c1-12(2)22(13(3)4)18(23)15-10-8-7-9-14(15)16-11-17(24-5)21-19(20-16)25-6/h7-13H,1-6H3. The van der Waals surface area contributed by atoms with Gasteiger partial charge in [-0.3, -0.25) is 4.79 Å². The molecule has 0 saturated heterocycles. The molecule has 0 N–H and O–H groups in total. The second-order valence-electron chi connectivity index (χ2n) is 6.23. The van der Waals surface area contributed by atoms with Crippen LogP contribution in [0.25, 0.3) is 11.3 Å². The summed E-state index contributed by atoms with van der Waals surface area (Å²) in [6.07, 6.45) is 0. The summed E-state index contributed by atoms with van der Waals surface area (Å²) < 4.78 is 10.4. The molecule has 1 heterocycles. The monoisotopic (exact) mass is 343 g/mol. The molecule has 25 heavy (non-hydrogen) atoms. The second kappa shape index (κ2) is 7.96. The molecule has 1 aromatic carbocycles. The zero-order valence-electron chi connectivity index (χ0n) is 15.6. The van der Waals surface area contributed by atoms with Crippen LogP contribution in [0.1, 0.15) is 38.1 Å². The van der Waals surface area contributed by atoms with E-state index in [9.17, 15) is 4.79 Å². The lowest BCUT2D eigenvalue weighted by Crippen LogP contribution is -2.42. The predicted molar refractivity (Wildman–Crippen MR) is 97.0 cm³/mol. The van der Waals surface area contributed by atoms with Gasteiger partial charge in [-0.15, -0.1) is 0 Å². The number of methoxy groups -OCH3 is 2. The number of carbonyl (C=O) groups is 1. The molecule has 2 aromatic rings. The summed E-state index contributed by atoms with van der Waals surface area (Å²) in [7, 11) is 3.02. The smallest absolute Gasteiger partial charge is 0.320 e. The minimum atomic E-state index is -0.0304. The van der Waals surface area contributed by atoms with Crippen LogP contribution in [0.4, 0.5) is 0 Å². The summed E-state index contributed by atoms with van der Waals surface area (Å²) in [6.45, 7) is 8.04. The maximum atomic E-state index is 13.2. The van der Waals surface area contributed by atoms with Crippen molar-refractivity contribution in [2.45, 2.75) is 39.8 Å². The highest BCUT2D eigenvalue weighted by molar-refractivity contribution is 6.00. The first-order valence-corrected chi connectivity index (χ1v) is 8.28. The Morgan fingerprint density at radius 3 is 2.20 bits per heavy atom. The molecule has 0 aliphatic rings. The molecule has 0 saturated carbocycles. The van der Waals surface area contributed by atoms with Gasteiger partial charge in [-0.2, -0.15) is 9.97 Å². The van der Waals surface area contributed by atoms with Gasteiger partial charge in [0.15, 0.2) is 0 Å². The molecule has 134 valence electrons. The van der Waals surface area contributed by atoms with E-state index < -0.39 is 0 Å². The van der Waals surface area contributed by atoms with Gasteiger partial charge in [0, 0.05) is 29.3 Å². The molecule has 1 aromatic heterocycles. The van der Waals surface area contributed by atoms with Crippen molar-refractivity contribution in [3.8, 4) is 23.1 Å². The van der Waals surface area contributed by atoms with Crippen LogP contribution in [0.2, 0.25) is 0 Å². The van der Waals surface area contributed by atoms with Gasteiger partial charge in [0.2, 0.25) is 5.88 Å². The maximum absolute atomic E-state index is 13.2. The fourth-order valence-electron chi connectivity index (χ4n) is 2.84. The molecule has 1 amide bonds. The van der Waals surface area contributed by atoms with Crippen LogP contribution in [-0.2, 0) is 0 Å². The summed E-state index contributed by atoms with van der Waals surface area (Å²) in [5.74, 6) is 0.353. The van der Waals surface area contributed by atoms with Crippen LogP contribution >= 0.6 is 0 Å². The summed E-state index contributed by atoms with van der Waals surface area (Å²) in [5.41, 5.74) is 1.89. The number of carbonyl (C=O) groups excluding carboxylic acids is 1. The summed E-state index contributed by atoms with van der Waals surface area (Å²) in [4.78, 5) is 23.5. The van der Waals surface area contributed by atoms with Gasteiger partial charge in [0.1, 0.15) is 0 Å². The van der Waals surface area contributed by atoms with E-state index in [4.69, 9.17) is 9.47 Å². The first-order chi connectivity index (χ1) is 11.9. The van der Waals surface area contributed by atoms with Crippen LogP contribution in [0, 0.1) is 0 Å². The summed E-state index contributed by atoms with van der Waals surface area (Å²) in [5, 5.41) is 0. The number of aromatic nitrogens is 2. The van der Waals surface area contributed by atoms with Crippen LogP contribution in [-0.4, -0.2) is 47.1 Å². The zero-order valence-corrected chi connectivity index (χ0v) is 15.6. The number of benzene rings is 1. The number of hydrogen-bond donors (Lipinski definition) is 0. The lowest BCUT2D eigenvalue weighted by Gasteiger charge is -2.31. The lowest BCUT2D eigenvalue weighted by molar-refractivity contribution is 0.0644. The van der Waals surface area contributed by atoms with Crippen LogP contribution in [0.3, 0.4) is 0 Å². The van der Waals surface area contributed by atoms with Gasteiger partial charge in [-0.05, 0) is 33.8 Å². The van der Waals surface area contributed by atoms with Crippen LogP contribution in [0.5, 0.6) is 11.9 Å². The first kappa shape index (κ1) is 18.7. The molecule has 0 spiro atoms. The number of rotatable bonds is 6. The van der Waals surface area contributed by atoms with Gasteiger partial charge in [0.05, 0.1) is 19.9 Å². The third-order valence-corrected chi connectivity index (χ3v) is 3.85. The normalized spacial score (nSPS) is 10.9. The van der Waals surface area contributed by atoms with E-state index in [0.717, 1.165) is 5.56 Å². The van der Waals surface area contributed by atoms with E-state index in [-0.39, 0.29) is 24.0 Å². The van der Waals surface area contributed by atoms with Crippen molar-refractivity contribution in [3.05, 3.63) is 35.9 Å². The molecule has 6 heteroatoms. The number of nitrogens with zero attached hydrogens (tertiary/aromatic N) is 3. The molecule has 6 nitrogen and oxygen atoms in total. The highest BCUT2D eigenvalue weighted by atomic mass is 16.5. The SMILES string of the molecule is COc1cc(-c2ccccc2C(=O)N(C(C)C)C(C)C)nc(OC)n1. The topological polar surface area (TPSA) is 64.5 Å². The third kappa shape index (κ3) is 4.07. The van der Waals surface area contributed by atoms with E-state index in [1.807, 2.05) is 56.9 Å². The highest BCUT2D eigenvalue weighted by Gasteiger charge is 2.24. The van der Waals surface area contributed by atoms with Gasteiger partial charge in [-0.25, -0.2) is 0 Å². The number of ether oxygens (including phenoxy) is 2. The van der Waals surface area contributed by atoms with E-state index in [2.05, 4.69) is 9.97 Å². The van der Waals surface area contributed by atoms with E-state index in [1.165, 1.54) is 14.2 Å². The van der Waals surface area contributed by atoms with E-state index in [0.29, 0.717) is 17.1 Å². The van der Waals surface area contributed by atoms with Crippen molar-refractivity contribution in [1.29, 1.82) is 0 Å². The first-order valence-electron chi connectivity index (χ1n) is 8.28. The number of amides is 1. The third-order valence-electron chi connectivity index (χ3n) is 3.85. The van der Waals surface area contributed by atoms with Crippen LogP contribution < -0.4 is 9.47 Å². The Morgan fingerprint density at radius 1 is 1.00 bits per heavy atom. The zero-order chi connectivity index (χ0) is 18.6. The highest BCUT2D eigenvalue weighted by Crippen LogP contribution is 2.28. The van der Waals surface area contributed by atoms with Gasteiger partial charge in [0.25, 0.3) is 5.91 Å².